The van der Waals surface area contributed by atoms with Gasteiger partial charge in [-0.3, -0.25) is 0 Å². The fourth-order valence-corrected chi connectivity index (χ4v) is 4.70. The Hall–Kier alpha value is -0.0400. The molecule has 2 bridgehead atoms. The predicted octanol–water partition coefficient (Wildman–Crippen LogP) is 2.02. The van der Waals surface area contributed by atoms with Crippen LogP contribution in [-0.2, 0) is 0 Å². The first kappa shape index (κ1) is 7.28. The largest absolute Gasteiger partial charge is 0.327 e. The first-order chi connectivity index (χ1) is 6.36. The second-order valence-corrected chi connectivity index (χ2v) is 5.98. The Kier molecular flexibility index (Phi) is 1.19. The quantitative estimate of drug-likeness (QED) is 0.686. The van der Waals surface area contributed by atoms with Crippen LogP contribution in [0.5, 0.6) is 0 Å². The zero-order valence-corrected chi connectivity index (χ0v) is 8.15. The SMILES string of the molecule is NC(C1CC1)C1C2C3CCC(C3)C21. The summed E-state index contributed by atoms with van der Waals surface area (Å²) in [6.07, 6.45) is 7.53. The molecule has 0 aromatic heterocycles. The Balaban J connectivity index is 1.54. The number of hydrogen-bond donors (Lipinski definition) is 1. The van der Waals surface area contributed by atoms with Crippen LogP contribution in [0.25, 0.3) is 0 Å². The van der Waals surface area contributed by atoms with Gasteiger partial charge in [0.25, 0.3) is 0 Å². The van der Waals surface area contributed by atoms with Gasteiger partial charge in [-0.15, -0.1) is 0 Å². The maximum Gasteiger partial charge on any atom is 0.0101 e. The molecule has 4 aliphatic carbocycles. The van der Waals surface area contributed by atoms with Crippen LogP contribution in [0.2, 0.25) is 0 Å². The van der Waals surface area contributed by atoms with Gasteiger partial charge >= 0.3 is 0 Å². The Morgan fingerprint density at radius 1 is 0.923 bits per heavy atom. The van der Waals surface area contributed by atoms with Crippen molar-refractivity contribution in [1.82, 2.24) is 0 Å². The van der Waals surface area contributed by atoms with Crippen molar-refractivity contribution in [3.8, 4) is 0 Å². The van der Waals surface area contributed by atoms with Crippen molar-refractivity contribution in [3.63, 3.8) is 0 Å². The fraction of sp³-hybridized carbons (Fsp3) is 1.00. The summed E-state index contributed by atoms with van der Waals surface area (Å²) in [4.78, 5) is 0. The van der Waals surface area contributed by atoms with Gasteiger partial charge in [0.05, 0.1) is 0 Å². The van der Waals surface area contributed by atoms with Crippen LogP contribution in [0, 0.1) is 35.5 Å². The molecular weight excluding hydrogens is 158 g/mol. The summed E-state index contributed by atoms with van der Waals surface area (Å²) in [5.74, 6) is 6.37. The molecule has 0 aromatic rings. The van der Waals surface area contributed by atoms with Crippen molar-refractivity contribution in [2.45, 2.75) is 38.1 Å². The highest BCUT2D eigenvalue weighted by Crippen LogP contribution is 2.71. The Bertz CT molecular complexity index is 230. The monoisotopic (exact) mass is 177 g/mol. The van der Waals surface area contributed by atoms with Crippen molar-refractivity contribution in [1.29, 1.82) is 0 Å². The van der Waals surface area contributed by atoms with Crippen molar-refractivity contribution >= 4 is 0 Å². The van der Waals surface area contributed by atoms with Gasteiger partial charge in [0.2, 0.25) is 0 Å². The molecular formula is C12H19N. The molecule has 1 nitrogen and oxygen atoms in total. The molecule has 5 atom stereocenters. The van der Waals surface area contributed by atoms with Crippen LogP contribution in [0.15, 0.2) is 0 Å². The average Bonchev–Trinajstić information content (AvgIpc) is 3.04. The minimum atomic E-state index is 0.610. The number of rotatable bonds is 2. The molecule has 0 aromatic carbocycles. The maximum atomic E-state index is 6.33. The number of fused-ring (bicyclic) bond motifs is 5. The highest BCUT2D eigenvalue weighted by molar-refractivity contribution is 5.16. The van der Waals surface area contributed by atoms with Crippen LogP contribution in [0.3, 0.4) is 0 Å². The van der Waals surface area contributed by atoms with E-state index in [4.69, 9.17) is 5.73 Å². The van der Waals surface area contributed by atoms with E-state index in [-0.39, 0.29) is 0 Å². The Labute approximate surface area is 80.1 Å². The molecule has 1 heteroatoms. The van der Waals surface area contributed by atoms with Crippen LogP contribution < -0.4 is 5.73 Å². The van der Waals surface area contributed by atoms with E-state index in [0.717, 1.165) is 35.5 Å². The van der Waals surface area contributed by atoms with E-state index >= 15 is 0 Å². The smallest absolute Gasteiger partial charge is 0.0101 e. The van der Waals surface area contributed by atoms with Crippen molar-refractivity contribution in [3.05, 3.63) is 0 Å². The summed E-state index contributed by atoms with van der Waals surface area (Å²) in [6.45, 7) is 0. The van der Waals surface area contributed by atoms with Gasteiger partial charge in [-0.25, -0.2) is 0 Å². The molecule has 4 rings (SSSR count). The summed E-state index contributed by atoms with van der Waals surface area (Å²) in [6, 6.07) is 0.610. The van der Waals surface area contributed by atoms with Crippen LogP contribution in [0.1, 0.15) is 32.1 Å². The molecule has 13 heavy (non-hydrogen) atoms. The van der Waals surface area contributed by atoms with Crippen LogP contribution in [0.4, 0.5) is 0 Å². The summed E-state index contributed by atoms with van der Waals surface area (Å²) >= 11 is 0. The lowest BCUT2D eigenvalue weighted by Gasteiger charge is -2.14. The van der Waals surface area contributed by atoms with Gasteiger partial charge in [-0.1, -0.05) is 0 Å². The summed E-state index contributed by atoms with van der Waals surface area (Å²) in [7, 11) is 0. The van der Waals surface area contributed by atoms with Crippen molar-refractivity contribution in [2.75, 3.05) is 0 Å². The van der Waals surface area contributed by atoms with Gasteiger partial charge in [0, 0.05) is 6.04 Å². The molecule has 0 heterocycles. The first-order valence-electron chi connectivity index (χ1n) is 6.12. The Morgan fingerprint density at radius 2 is 1.54 bits per heavy atom. The second kappa shape index (κ2) is 2.13. The molecule has 4 saturated carbocycles. The van der Waals surface area contributed by atoms with E-state index in [1.807, 2.05) is 0 Å². The zero-order valence-electron chi connectivity index (χ0n) is 8.15. The normalized spacial score (nSPS) is 59.3. The Morgan fingerprint density at radius 3 is 2.08 bits per heavy atom. The van der Waals surface area contributed by atoms with E-state index in [1.165, 1.54) is 12.8 Å². The van der Waals surface area contributed by atoms with E-state index in [1.54, 1.807) is 19.3 Å². The molecule has 0 saturated heterocycles. The lowest BCUT2D eigenvalue weighted by molar-refractivity contribution is 0.388. The third kappa shape index (κ3) is 0.823. The number of nitrogens with two attached hydrogens (primary N) is 1. The molecule has 4 aliphatic rings. The molecule has 0 spiro atoms. The predicted molar refractivity (Wildman–Crippen MR) is 52.0 cm³/mol. The van der Waals surface area contributed by atoms with Crippen molar-refractivity contribution < 1.29 is 0 Å². The molecule has 2 N–H and O–H groups in total. The minimum Gasteiger partial charge on any atom is -0.327 e. The van der Waals surface area contributed by atoms with E-state index in [2.05, 4.69) is 0 Å². The van der Waals surface area contributed by atoms with Gasteiger partial charge in [0.1, 0.15) is 0 Å². The summed E-state index contributed by atoms with van der Waals surface area (Å²) < 4.78 is 0. The van der Waals surface area contributed by atoms with E-state index in [9.17, 15) is 0 Å². The standard InChI is InChI=1S/C12H19N/c13-12(6-1-2-6)11-9-7-3-4-8(5-7)10(9)11/h6-12H,1-5,13H2. The maximum absolute atomic E-state index is 6.33. The van der Waals surface area contributed by atoms with Crippen LogP contribution in [-0.4, -0.2) is 6.04 Å². The lowest BCUT2D eigenvalue weighted by Crippen LogP contribution is -2.28. The second-order valence-electron chi connectivity index (χ2n) is 5.98. The molecule has 0 amide bonds. The van der Waals surface area contributed by atoms with Crippen molar-refractivity contribution in [2.24, 2.45) is 41.2 Å². The molecule has 72 valence electrons. The van der Waals surface area contributed by atoms with Gasteiger partial charge in [0.15, 0.2) is 0 Å². The average molecular weight is 177 g/mol. The zero-order chi connectivity index (χ0) is 8.58. The molecule has 4 fully saturated rings. The summed E-state index contributed by atoms with van der Waals surface area (Å²) in [5, 5.41) is 0. The minimum absolute atomic E-state index is 0.610. The number of hydrogen-bond acceptors (Lipinski definition) is 1. The molecule has 5 unspecified atom stereocenters. The third-order valence-corrected chi connectivity index (χ3v) is 5.41. The molecule has 0 aliphatic heterocycles. The van der Waals surface area contributed by atoms with Crippen LogP contribution >= 0.6 is 0 Å². The first-order valence-corrected chi connectivity index (χ1v) is 6.12. The highest BCUT2D eigenvalue weighted by atomic mass is 14.8. The highest BCUT2D eigenvalue weighted by Gasteiger charge is 2.67. The third-order valence-electron chi connectivity index (χ3n) is 5.41. The lowest BCUT2D eigenvalue weighted by atomic mass is 9.95. The van der Waals surface area contributed by atoms with Gasteiger partial charge < -0.3 is 5.73 Å². The van der Waals surface area contributed by atoms with Gasteiger partial charge in [-0.2, -0.15) is 0 Å². The molecule has 0 radical (unpaired) electrons. The topological polar surface area (TPSA) is 26.0 Å². The fourth-order valence-electron chi connectivity index (χ4n) is 4.70. The summed E-state index contributed by atoms with van der Waals surface area (Å²) in [5.41, 5.74) is 6.33. The van der Waals surface area contributed by atoms with E-state index < -0.39 is 0 Å². The van der Waals surface area contributed by atoms with Gasteiger partial charge in [-0.05, 0) is 67.6 Å². The van der Waals surface area contributed by atoms with E-state index in [0.29, 0.717) is 6.04 Å².